The number of pyridine rings is 1. The van der Waals surface area contributed by atoms with E-state index < -0.39 is 0 Å². The SMILES string of the molecule is CCC(C)(CC)c1ccc(-c2ccccc2C)nc1. The topological polar surface area (TPSA) is 12.9 Å². The first-order valence-electron chi connectivity index (χ1n) is 7.13. The lowest BCUT2D eigenvalue weighted by molar-refractivity contribution is 0.437. The first kappa shape index (κ1) is 13.8. The quantitative estimate of drug-likeness (QED) is 0.735. The van der Waals surface area contributed by atoms with Crippen molar-refractivity contribution in [2.24, 2.45) is 0 Å². The highest BCUT2D eigenvalue weighted by molar-refractivity contribution is 5.63. The molecule has 0 bridgehead atoms. The summed E-state index contributed by atoms with van der Waals surface area (Å²) < 4.78 is 0. The van der Waals surface area contributed by atoms with Crippen LogP contribution in [0.4, 0.5) is 0 Å². The molecular weight excluding hydrogens is 230 g/mol. The van der Waals surface area contributed by atoms with Crippen molar-refractivity contribution in [3.63, 3.8) is 0 Å². The Bertz CT molecular complexity index is 536. The molecule has 0 saturated carbocycles. The molecule has 0 unspecified atom stereocenters. The number of hydrogen-bond acceptors (Lipinski definition) is 1. The van der Waals surface area contributed by atoms with E-state index in [9.17, 15) is 0 Å². The molecule has 0 spiro atoms. The summed E-state index contributed by atoms with van der Waals surface area (Å²) in [5.74, 6) is 0. The van der Waals surface area contributed by atoms with Crippen LogP contribution in [0.1, 0.15) is 44.7 Å². The zero-order chi connectivity index (χ0) is 13.9. The van der Waals surface area contributed by atoms with Crippen molar-refractivity contribution in [2.75, 3.05) is 0 Å². The third-order valence-corrected chi connectivity index (χ3v) is 4.44. The van der Waals surface area contributed by atoms with E-state index in [0.717, 1.165) is 18.5 Å². The van der Waals surface area contributed by atoms with Crippen LogP contribution in [0.15, 0.2) is 42.6 Å². The van der Waals surface area contributed by atoms with Crippen molar-refractivity contribution in [3.8, 4) is 11.3 Å². The molecule has 1 heterocycles. The molecular formula is C18H23N. The number of nitrogens with zero attached hydrogens (tertiary/aromatic N) is 1. The Morgan fingerprint density at radius 1 is 1.00 bits per heavy atom. The zero-order valence-corrected chi connectivity index (χ0v) is 12.4. The summed E-state index contributed by atoms with van der Waals surface area (Å²) >= 11 is 0. The third kappa shape index (κ3) is 2.70. The summed E-state index contributed by atoms with van der Waals surface area (Å²) in [6.45, 7) is 8.95. The van der Waals surface area contributed by atoms with Crippen LogP contribution in [0.5, 0.6) is 0 Å². The van der Waals surface area contributed by atoms with E-state index in [2.05, 4.69) is 75.3 Å². The Morgan fingerprint density at radius 2 is 1.68 bits per heavy atom. The predicted octanol–water partition coefficient (Wildman–Crippen LogP) is 5.13. The molecule has 19 heavy (non-hydrogen) atoms. The molecule has 0 aliphatic rings. The van der Waals surface area contributed by atoms with Gasteiger partial charge < -0.3 is 0 Å². The van der Waals surface area contributed by atoms with Gasteiger partial charge >= 0.3 is 0 Å². The highest BCUT2D eigenvalue weighted by Crippen LogP contribution is 2.31. The highest BCUT2D eigenvalue weighted by atomic mass is 14.7. The molecule has 1 heteroatoms. The fourth-order valence-electron chi connectivity index (χ4n) is 2.43. The van der Waals surface area contributed by atoms with Gasteiger partial charge in [0.05, 0.1) is 5.69 Å². The lowest BCUT2D eigenvalue weighted by Gasteiger charge is -2.27. The molecule has 0 saturated heterocycles. The molecule has 0 atom stereocenters. The molecule has 0 aliphatic carbocycles. The molecule has 0 aliphatic heterocycles. The summed E-state index contributed by atoms with van der Waals surface area (Å²) in [5.41, 5.74) is 5.16. The number of aryl methyl sites for hydroxylation is 1. The van der Waals surface area contributed by atoms with Crippen molar-refractivity contribution < 1.29 is 0 Å². The van der Waals surface area contributed by atoms with Gasteiger partial charge in [0.25, 0.3) is 0 Å². The minimum Gasteiger partial charge on any atom is -0.256 e. The summed E-state index contributed by atoms with van der Waals surface area (Å²) in [7, 11) is 0. The van der Waals surface area contributed by atoms with Crippen LogP contribution in [-0.2, 0) is 5.41 Å². The molecule has 0 fully saturated rings. The second-order valence-corrected chi connectivity index (χ2v) is 5.51. The van der Waals surface area contributed by atoms with Gasteiger partial charge in [-0.25, -0.2) is 0 Å². The first-order chi connectivity index (χ1) is 9.10. The van der Waals surface area contributed by atoms with Gasteiger partial charge in [-0.3, -0.25) is 4.98 Å². The van der Waals surface area contributed by atoms with Crippen LogP contribution in [-0.4, -0.2) is 4.98 Å². The van der Waals surface area contributed by atoms with Crippen LogP contribution < -0.4 is 0 Å². The normalized spacial score (nSPS) is 11.6. The third-order valence-electron chi connectivity index (χ3n) is 4.44. The van der Waals surface area contributed by atoms with Gasteiger partial charge in [-0.2, -0.15) is 0 Å². The van der Waals surface area contributed by atoms with Crippen LogP contribution >= 0.6 is 0 Å². The van der Waals surface area contributed by atoms with Gasteiger partial charge in [0, 0.05) is 11.8 Å². The van der Waals surface area contributed by atoms with Crippen molar-refractivity contribution in [1.82, 2.24) is 4.98 Å². The van der Waals surface area contributed by atoms with Gasteiger partial charge in [0.1, 0.15) is 0 Å². The Hall–Kier alpha value is -1.63. The predicted molar refractivity (Wildman–Crippen MR) is 82.3 cm³/mol. The van der Waals surface area contributed by atoms with Crippen molar-refractivity contribution in [2.45, 2.75) is 46.0 Å². The number of benzene rings is 1. The highest BCUT2D eigenvalue weighted by Gasteiger charge is 2.22. The molecule has 100 valence electrons. The van der Waals surface area contributed by atoms with Crippen LogP contribution in [0.3, 0.4) is 0 Å². The van der Waals surface area contributed by atoms with Crippen molar-refractivity contribution in [1.29, 1.82) is 0 Å². The summed E-state index contributed by atoms with van der Waals surface area (Å²) in [4.78, 5) is 4.67. The summed E-state index contributed by atoms with van der Waals surface area (Å²) in [6.07, 6.45) is 4.35. The minimum atomic E-state index is 0.247. The second kappa shape index (κ2) is 5.56. The maximum atomic E-state index is 4.67. The Balaban J connectivity index is 2.37. The molecule has 1 aromatic heterocycles. The minimum absolute atomic E-state index is 0.247. The molecule has 2 rings (SSSR count). The molecule has 0 radical (unpaired) electrons. The van der Waals surface area contributed by atoms with Gasteiger partial charge in [-0.1, -0.05) is 51.1 Å². The van der Waals surface area contributed by atoms with Gasteiger partial charge in [0.15, 0.2) is 0 Å². The summed E-state index contributed by atoms with van der Waals surface area (Å²) in [5, 5.41) is 0. The first-order valence-corrected chi connectivity index (χ1v) is 7.13. The van der Waals surface area contributed by atoms with Crippen LogP contribution in [0.25, 0.3) is 11.3 Å². The smallest absolute Gasteiger partial charge is 0.0704 e. The lowest BCUT2D eigenvalue weighted by atomic mass is 9.78. The largest absolute Gasteiger partial charge is 0.256 e. The van der Waals surface area contributed by atoms with Crippen LogP contribution in [0, 0.1) is 6.92 Å². The maximum Gasteiger partial charge on any atom is 0.0704 e. The Kier molecular flexibility index (Phi) is 4.04. The monoisotopic (exact) mass is 253 g/mol. The van der Waals surface area contributed by atoms with E-state index in [4.69, 9.17) is 0 Å². The average molecular weight is 253 g/mol. The Morgan fingerprint density at radius 3 is 2.21 bits per heavy atom. The van der Waals surface area contributed by atoms with E-state index >= 15 is 0 Å². The van der Waals surface area contributed by atoms with Gasteiger partial charge in [-0.15, -0.1) is 0 Å². The molecule has 1 nitrogen and oxygen atoms in total. The van der Waals surface area contributed by atoms with E-state index in [1.54, 1.807) is 0 Å². The van der Waals surface area contributed by atoms with Crippen molar-refractivity contribution >= 4 is 0 Å². The standard InChI is InChI=1S/C18H23N/c1-5-18(4,6-2)15-11-12-17(19-13-15)16-10-8-7-9-14(16)3/h7-13H,5-6H2,1-4H3. The number of aromatic nitrogens is 1. The molecule has 0 amide bonds. The summed E-state index contributed by atoms with van der Waals surface area (Å²) in [6, 6.07) is 12.8. The molecule has 1 aromatic carbocycles. The maximum absolute atomic E-state index is 4.67. The lowest BCUT2D eigenvalue weighted by Crippen LogP contribution is -2.19. The van der Waals surface area contributed by atoms with Crippen LogP contribution in [0.2, 0.25) is 0 Å². The Labute approximate surface area is 116 Å². The van der Waals surface area contributed by atoms with Gasteiger partial charge in [0.2, 0.25) is 0 Å². The molecule has 2 aromatic rings. The second-order valence-electron chi connectivity index (χ2n) is 5.51. The fraction of sp³-hybridized carbons (Fsp3) is 0.389. The van der Waals surface area contributed by atoms with E-state index in [-0.39, 0.29) is 5.41 Å². The average Bonchev–Trinajstić information content (AvgIpc) is 2.47. The van der Waals surface area contributed by atoms with Crippen molar-refractivity contribution in [3.05, 3.63) is 53.7 Å². The number of rotatable bonds is 4. The number of hydrogen-bond donors (Lipinski definition) is 0. The van der Waals surface area contributed by atoms with Gasteiger partial charge in [-0.05, 0) is 42.4 Å². The van der Waals surface area contributed by atoms with E-state index in [1.165, 1.54) is 16.7 Å². The van der Waals surface area contributed by atoms with E-state index in [1.807, 2.05) is 0 Å². The fourth-order valence-corrected chi connectivity index (χ4v) is 2.43. The van der Waals surface area contributed by atoms with E-state index in [0.29, 0.717) is 0 Å². The molecule has 0 N–H and O–H groups in total. The zero-order valence-electron chi connectivity index (χ0n) is 12.4.